The molecule has 0 saturated carbocycles. The van der Waals surface area contributed by atoms with Crippen molar-refractivity contribution in [1.82, 2.24) is 4.57 Å². The summed E-state index contributed by atoms with van der Waals surface area (Å²) < 4.78 is 2.32. The summed E-state index contributed by atoms with van der Waals surface area (Å²) in [7, 11) is 0. The van der Waals surface area contributed by atoms with Crippen LogP contribution in [0.25, 0.3) is 62.1 Å². The number of fused-ring (bicyclic) bond motifs is 1. The average Bonchev–Trinajstić information content (AvgIpc) is 3.78. The Balaban J connectivity index is 1.09. The molecular formula is C67H56N2. The summed E-state index contributed by atoms with van der Waals surface area (Å²) in [4.78, 5) is 2.35. The lowest BCUT2D eigenvalue weighted by atomic mass is 9.98. The van der Waals surface area contributed by atoms with E-state index in [9.17, 15) is 0 Å². The van der Waals surface area contributed by atoms with Gasteiger partial charge in [-0.15, -0.1) is 0 Å². The summed E-state index contributed by atoms with van der Waals surface area (Å²) in [5.41, 5.74) is 20.6. The predicted molar refractivity (Wildman–Crippen MR) is 299 cm³/mol. The lowest BCUT2D eigenvalue weighted by Gasteiger charge is -2.27. The Morgan fingerprint density at radius 3 is 1.86 bits per heavy atom. The van der Waals surface area contributed by atoms with Crippen LogP contribution in [0.15, 0.2) is 268 Å². The molecule has 9 aromatic rings. The topological polar surface area (TPSA) is 8.17 Å². The Kier molecular flexibility index (Phi) is 14.0. The van der Waals surface area contributed by atoms with E-state index in [-0.39, 0.29) is 0 Å². The first kappa shape index (κ1) is 45.4. The van der Waals surface area contributed by atoms with E-state index < -0.39 is 0 Å². The quantitative estimate of drug-likeness (QED) is 0.0878. The van der Waals surface area contributed by atoms with E-state index in [1.165, 1.54) is 55.4 Å². The Labute approximate surface area is 408 Å². The normalized spacial score (nSPS) is 11.9. The van der Waals surface area contributed by atoms with Gasteiger partial charge in [-0.2, -0.15) is 0 Å². The minimum absolute atomic E-state index is 0.760. The molecule has 2 nitrogen and oxygen atoms in total. The highest BCUT2D eigenvalue weighted by Crippen LogP contribution is 2.36. The number of aromatic nitrogens is 1. The third-order valence-corrected chi connectivity index (χ3v) is 12.7. The molecule has 0 N–H and O–H groups in total. The number of benzene rings is 8. The summed E-state index contributed by atoms with van der Waals surface area (Å²) in [5, 5.41) is 1.25. The highest BCUT2D eigenvalue weighted by atomic mass is 15.1. The average molecular weight is 889 g/mol. The van der Waals surface area contributed by atoms with Gasteiger partial charge >= 0.3 is 0 Å². The standard InChI is InChI=1S/C67H56N2/c1-6-8-19-49(3)55-32-35-57(36-33-55)53(7-2)31-30-51(5)69(64-44-42-60(43-45-64)59-39-37-58(38-40-59)56-23-11-9-12-24-56)65-28-17-21-52(47-65)46-61-25-18-29-66-67(61)62(41-34-54-22-16-15-20-50(54)4)48-68(66)63-26-13-10-14-27-63/h6-45,47-48H,1-3,46H2,4-5H3/b19-8-,41-34-,51-30+,53-31+. The van der Waals surface area contributed by atoms with Crippen LogP contribution in [0.1, 0.15) is 45.9 Å². The molecular weight excluding hydrogens is 833 g/mol. The van der Waals surface area contributed by atoms with Crippen LogP contribution in [-0.4, -0.2) is 4.57 Å². The van der Waals surface area contributed by atoms with Gasteiger partial charge in [0.2, 0.25) is 0 Å². The summed E-state index contributed by atoms with van der Waals surface area (Å²) in [6.45, 7) is 16.6. The monoisotopic (exact) mass is 888 g/mol. The number of rotatable bonds is 16. The van der Waals surface area contributed by atoms with Crippen molar-refractivity contribution in [3.8, 4) is 27.9 Å². The van der Waals surface area contributed by atoms with Gasteiger partial charge in [-0.05, 0) is 136 Å². The third kappa shape index (κ3) is 10.5. The number of para-hydroxylation sites is 1. The third-order valence-electron chi connectivity index (χ3n) is 12.7. The fraction of sp³-hybridized carbons (Fsp3) is 0.0448. The maximum absolute atomic E-state index is 4.22. The number of allylic oxidation sites excluding steroid dienone is 9. The first-order valence-corrected chi connectivity index (χ1v) is 23.5. The smallest absolute Gasteiger partial charge is 0.0537 e. The largest absolute Gasteiger partial charge is 0.316 e. The van der Waals surface area contributed by atoms with E-state index in [0.29, 0.717) is 0 Å². The fourth-order valence-electron chi connectivity index (χ4n) is 9.02. The van der Waals surface area contributed by atoms with Gasteiger partial charge in [0.25, 0.3) is 0 Å². The number of nitrogens with zero attached hydrogens (tertiary/aromatic N) is 2. The Morgan fingerprint density at radius 1 is 0.565 bits per heavy atom. The van der Waals surface area contributed by atoms with E-state index in [2.05, 4.69) is 274 Å². The van der Waals surface area contributed by atoms with Crippen molar-refractivity contribution < 1.29 is 0 Å². The molecule has 9 rings (SSSR count). The molecule has 8 aromatic carbocycles. The SMILES string of the molecule is C=C/C=C\C(=C)c1ccc(/C(C=C)=C/C=C(\C)N(c2ccc(-c3ccc(-c4ccccc4)cc3)cc2)c2cccc(Cc3cccc4c3c(/C=C\c3ccccc3C)cn4-c3ccccc3)c2)cc1. The minimum atomic E-state index is 0.760. The van der Waals surface area contributed by atoms with E-state index in [4.69, 9.17) is 0 Å². The molecule has 0 amide bonds. The fourth-order valence-corrected chi connectivity index (χ4v) is 9.02. The maximum Gasteiger partial charge on any atom is 0.0537 e. The van der Waals surface area contributed by atoms with Crippen molar-refractivity contribution in [2.24, 2.45) is 0 Å². The van der Waals surface area contributed by atoms with Crippen molar-refractivity contribution >= 4 is 45.6 Å². The van der Waals surface area contributed by atoms with Crippen LogP contribution >= 0.6 is 0 Å². The van der Waals surface area contributed by atoms with E-state index in [1.807, 2.05) is 18.2 Å². The summed E-state index contributed by atoms with van der Waals surface area (Å²) >= 11 is 0. The van der Waals surface area contributed by atoms with Gasteiger partial charge in [0.1, 0.15) is 0 Å². The Bertz CT molecular complexity index is 3370. The van der Waals surface area contributed by atoms with Gasteiger partial charge in [-0.25, -0.2) is 0 Å². The maximum atomic E-state index is 4.22. The van der Waals surface area contributed by atoms with Gasteiger partial charge in [0.05, 0.1) is 5.52 Å². The molecule has 334 valence electrons. The first-order chi connectivity index (χ1) is 33.9. The summed E-state index contributed by atoms with van der Waals surface area (Å²) in [6.07, 6.45) is 19.5. The van der Waals surface area contributed by atoms with Gasteiger partial charge in [0.15, 0.2) is 0 Å². The molecule has 0 bridgehead atoms. The van der Waals surface area contributed by atoms with Crippen LogP contribution < -0.4 is 4.90 Å². The molecule has 0 saturated heterocycles. The predicted octanol–water partition coefficient (Wildman–Crippen LogP) is 18.1. The molecule has 1 aromatic heterocycles. The van der Waals surface area contributed by atoms with Gasteiger partial charge in [0, 0.05) is 39.9 Å². The molecule has 0 aliphatic carbocycles. The van der Waals surface area contributed by atoms with Crippen LogP contribution in [0.3, 0.4) is 0 Å². The van der Waals surface area contributed by atoms with Gasteiger partial charge in [-0.3, -0.25) is 0 Å². The molecule has 69 heavy (non-hydrogen) atoms. The number of aryl methyl sites for hydroxylation is 1. The zero-order valence-electron chi connectivity index (χ0n) is 39.5. The number of hydrogen-bond acceptors (Lipinski definition) is 1. The van der Waals surface area contributed by atoms with E-state index >= 15 is 0 Å². The molecule has 0 aliphatic rings. The second kappa shape index (κ2) is 21.3. The van der Waals surface area contributed by atoms with E-state index in [1.54, 1.807) is 6.08 Å². The van der Waals surface area contributed by atoms with Crippen molar-refractivity contribution in [3.63, 3.8) is 0 Å². The molecule has 0 aliphatic heterocycles. The van der Waals surface area contributed by atoms with Gasteiger partial charge in [-0.1, -0.05) is 220 Å². The zero-order valence-corrected chi connectivity index (χ0v) is 39.5. The van der Waals surface area contributed by atoms with Gasteiger partial charge < -0.3 is 9.47 Å². The van der Waals surface area contributed by atoms with Crippen molar-refractivity contribution in [3.05, 3.63) is 307 Å². The van der Waals surface area contributed by atoms with Crippen LogP contribution in [-0.2, 0) is 6.42 Å². The number of hydrogen-bond donors (Lipinski definition) is 0. The van der Waals surface area contributed by atoms with Crippen LogP contribution in [0.2, 0.25) is 0 Å². The Morgan fingerprint density at radius 2 is 1.17 bits per heavy atom. The van der Waals surface area contributed by atoms with Crippen LogP contribution in [0.4, 0.5) is 11.4 Å². The lowest BCUT2D eigenvalue weighted by molar-refractivity contribution is 1.12. The van der Waals surface area contributed by atoms with Crippen molar-refractivity contribution in [2.75, 3.05) is 4.90 Å². The lowest BCUT2D eigenvalue weighted by Crippen LogP contribution is -2.14. The second-order valence-electron chi connectivity index (χ2n) is 17.3. The molecule has 0 atom stereocenters. The second-order valence-corrected chi connectivity index (χ2v) is 17.3. The van der Waals surface area contributed by atoms with Crippen molar-refractivity contribution in [1.29, 1.82) is 0 Å². The minimum Gasteiger partial charge on any atom is -0.316 e. The van der Waals surface area contributed by atoms with Crippen LogP contribution in [0, 0.1) is 6.92 Å². The highest BCUT2D eigenvalue weighted by Gasteiger charge is 2.16. The summed E-state index contributed by atoms with van der Waals surface area (Å²) in [6, 6.07) is 71.6. The Hall–Kier alpha value is -8.72. The molecule has 2 heteroatoms. The number of anilines is 2. The molecule has 0 unspecified atom stereocenters. The van der Waals surface area contributed by atoms with Crippen LogP contribution in [0.5, 0.6) is 0 Å². The molecule has 0 fully saturated rings. The highest BCUT2D eigenvalue weighted by molar-refractivity contribution is 5.96. The van der Waals surface area contributed by atoms with Crippen molar-refractivity contribution in [2.45, 2.75) is 20.3 Å². The summed E-state index contributed by atoms with van der Waals surface area (Å²) in [5.74, 6) is 0. The van der Waals surface area contributed by atoms with E-state index in [0.717, 1.165) is 57.0 Å². The molecule has 0 radical (unpaired) electrons. The first-order valence-electron chi connectivity index (χ1n) is 23.5. The molecule has 0 spiro atoms. The zero-order chi connectivity index (χ0) is 47.5. The molecule has 1 heterocycles.